The van der Waals surface area contributed by atoms with Crippen LogP contribution >= 0.6 is 15.9 Å². The molecule has 2 rings (SSSR count). The number of nitrogens with two attached hydrogens (primary N) is 1. The molecule has 0 saturated carbocycles. The monoisotopic (exact) mass is 281 g/mol. The summed E-state index contributed by atoms with van der Waals surface area (Å²) in [6.45, 7) is 4.30. The molecule has 5 heteroatoms. The maximum atomic E-state index is 5.44. The van der Waals surface area contributed by atoms with Crippen molar-refractivity contribution in [1.29, 1.82) is 0 Å². The minimum Gasteiger partial charge on any atom is -0.338 e. The molecule has 1 aromatic carbocycles. The molecule has 1 aromatic heterocycles. The highest BCUT2D eigenvalue weighted by molar-refractivity contribution is 9.10. The van der Waals surface area contributed by atoms with Crippen LogP contribution in [0.1, 0.15) is 17.0 Å². The number of hydrogen-bond acceptors (Lipinski definition) is 4. The molecule has 2 aromatic rings. The van der Waals surface area contributed by atoms with Crippen molar-refractivity contribution in [3.05, 3.63) is 33.6 Å². The first-order chi connectivity index (χ1) is 7.63. The average molecular weight is 282 g/mol. The van der Waals surface area contributed by atoms with Crippen molar-refractivity contribution in [2.75, 3.05) is 0 Å². The highest BCUT2D eigenvalue weighted by atomic mass is 79.9. The van der Waals surface area contributed by atoms with Gasteiger partial charge in [0.25, 0.3) is 0 Å². The SMILES string of the molecule is Cc1ccc(Br)c(C)c1-c1noc(CN)n1. The zero-order chi connectivity index (χ0) is 11.7. The molecule has 0 radical (unpaired) electrons. The van der Waals surface area contributed by atoms with Gasteiger partial charge in [-0.25, -0.2) is 0 Å². The van der Waals surface area contributed by atoms with Crippen molar-refractivity contribution in [3.63, 3.8) is 0 Å². The van der Waals surface area contributed by atoms with E-state index in [2.05, 4.69) is 26.1 Å². The number of aromatic nitrogens is 2. The van der Waals surface area contributed by atoms with E-state index in [-0.39, 0.29) is 6.54 Å². The summed E-state index contributed by atoms with van der Waals surface area (Å²) < 4.78 is 6.05. The first-order valence-electron chi connectivity index (χ1n) is 4.92. The highest BCUT2D eigenvalue weighted by Crippen LogP contribution is 2.29. The van der Waals surface area contributed by atoms with E-state index in [1.54, 1.807) is 0 Å². The maximum absolute atomic E-state index is 5.44. The molecule has 0 aliphatic heterocycles. The van der Waals surface area contributed by atoms with Gasteiger partial charge >= 0.3 is 0 Å². The topological polar surface area (TPSA) is 64.9 Å². The molecule has 0 saturated heterocycles. The lowest BCUT2D eigenvalue weighted by Crippen LogP contribution is -1.96. The number of hydrogen-bond donors (Lipinski definition) is 1. The fraction of sp³-hybridized carbons (Fsp3) is 0.273. The molecule has 0 spiro atoms. The Kier molecular flexibility index (Phi) is 3.07. The summed E-state index contributed by atoms with van der Waals surface area (Å²) in [7, 11) is 0. The molecule has 2 N–H and O–H groups in total. The van der Waals surface area contributed by atoms with Gasteiger partial charge in [0.05, 0.1) is 6.54 Å². The molecule has 84 valence electrons. The molecule has 0 amide bonds. The van der Waals surface area contributed by atoms with Gasteiger partial charge < -0.3 is 10.3 Å². The number of aryl methyl sites for hydroxylation is 1. The Hall–Kier alpha value is -1.20. The van der Waals surface area contributed by atoms with Gasteiger partial charge in [-0.15, -0.1) is 0 Å². The fourth-order valence-electron chi connectivity index (χ4n) is 1.61. The van der Waals surface area contributed by atoms with Gasteiger partial charge in [0, 0.05) is 10.0 Å². The van der Waals surface area contributed by atoms with Crippen LogP contribution in [0.15, 0.2) is 21.1 Å². The zero-order valence-electron chi connectivity index (χ0n) is 9.12. The number of benzene rings is 1. The second-order valence-corrected chi connectivity index (χ2v) is 4.43. The number of halogens is 1. The zero-order valence-corrected chi connectivity index (χ0v) is 10.7. The number of nitrogens with zero attached hydrogens (tertiary/aromatic N) is 2. The van der Waals surface area contributed by atoms with Crippen LogP contribution in [0.4, 0.5) is 0 Å². The van der Waals surface area contributed by atoms with Crippen LogP contribution in [-0.2, 0) is 6.54 Å². The van der Waals surface area contributed by atoms with Gasteiger partial charge in [-0.05, 0) is 31.0 Å². The van der Waals surface area contributed by atoms with Crippen molar-refractivity contribution in [2.24, 2.45) is 5.73 Å². The minimum absolute atomic E-state index is 0.263. The Balaban J connectivity index is 2.58. The largest absolute Gasteiger partial charge is 0.338 e. The second kappa shape index (κ2) is 4.35. The molecule has 16 heavy (non-hydrogen) atoms. The van der Waals surface area contributed by atoms with E-state index in [0.29, 0.717) is 11.7 Å². The van der Waals surface area contributed by atoms with Crippen molar-refractivity contribution in [1.82, 2.24) is 10.1 Å². The first-order valence-corrected chi connectivity index (χ1v) is 5.71. The van der Waals surface area contributed by atoms with Crippen molar-refractivity contribution >= 4 is 15.9 Å². The Morgan fingerprint density at radius 1 is 1.38 bits per heavy atom. The van der Waals surface area contributed by atoms with Crippen LogP contribution in [0.2, 0.25) is 0 Å². The summed E-state index contributed by atoms with van der Waals surface area (Å²) >= 11 is 3.49. The van der Waals surface area contributed by atoms with E-state index in [1.807, 2.05) is 26.0 Å². The Morgan fingerprint density at radius 2 is 2.12 bits per heavy atom. The Bertz CT molecular complexity index is 522. The molecular weight excluding hydrogens is 270 g/mol. The Morgan fingerprint density at radius 3 is 2.75 bits per heavy atom. The predicted octanol–water partition coefficient (Wildman–Crippen LogP) is 2.57. The fourth-order valence-corrected chi connectivity index (χ4v) is 1.94. The summed E-state index contributed by atoms with van der Waals surface area (Å²) in [4.78, 5) is 4.24. The lowest BCUT2D eigenvalue weighted by Gasteiger charge is -2.07. The van der Waals surface area contributed by atoms with Crippen LogP contribution in [0.5, 0.6) is 0 Å². The molecule has 4 nitrogen and oxygen atoms in total. The van der Waals surface area contributed by atoms with Crippen LogP contribution in [0.25, 0.3) is 11.4 Å². The van der Waals surface area contributed by atoms with Crippen LogP contribution < -0.4 is 5.73 Å². The molecule has 0 atom stereocenters. The van der Waals surface area contributed by atoms with E-state index in [0.717, 1.165) is 21.2 Å². The van der Waals surface area contributed by atoms with E-state index < -0.39 is 0 Å². The smallest absolute Gasteiger partial charge is 0.240 e. The lowest BCUT2D eigenvalue weighted by molar-refractivity contribution is 0.380. The highest BCUT2D eigenvalue weighted by Gasteiger charge is 2.14. The van der Waals surface area contributed by atoms with Crippen LogP contribution in [0.3, 0.4) is 0 Å². The third kappa shape index (κ3) is 1.88. The van der Waals surface area contributed by atoms with Gasteiger partial charge in [-0.3, -0.25) is 0 Å². The normalized spacial score (nSPS) is 10.8. The lowest BCUT2D eigenvalue weighted by atomic mass is 10.0. The predicted molar refractivity (Wildman–Crippen MR) is 64.8 cm³/mol. The van der Waals surface area contributed by atoms with Gasteiger partial charge in [0.2, 0.25) is 11.7 Å². The molecule has 0 bridgehead atoms. The van der Waals surface area contributed by atoms with Crippen molar-refractivity contribution in [3.8, 4) is 11.4 Å². The molecule has 0 fully saturated rings. The molecule has 0 aliphatic rings. The summed E-state index contributed by atoms with van der Waals surface area (Å²) in [5.74, 6) is 1.05. The molecule has 0 unspecified atom stereocenters. The van der Waals surface area contributed by atoms with E-state index in [9.17, 15) is 0 Å². The van der Waals surface area contributed by atoms with Crippen LogP contribution in [0, 0.1) is 13.8 Å². The van der Waals surface area contributed by atoms with E-state index in [1.165, 1.54) is 0 Å². The van der Waals surface area contributed by atoms with Crippen LogP contribution in [-0.4, -0.2) is 10.1 Å². The quantitative estimate of drug-likeness (QED) is 0.919. The van der Waals surface area contributed by atoms with E-state index >= 15 is 0 Å². The summed E-state index contributed by atoms with van der Waals surface area (Å²) in [5, 5.41) is 3.93. The molecular formula is C11H12BrN3O. The van der Waals surface area contributed by atoms with Gasteiger partial charge in [0.1, 0.15) is 0 Å². The second-order valence-electron chi connectivity index (χ2n) is 3.58. The van der Waals surface area contributed by atoms with Gasteiger partial charge in [0.15, 0.2) is 0 Å². The third-order valence-electron chi connectivity index (χ3n) is 2.47. The summed E-state index contributed by atoms with van der Waals surface area (Å²) in [5.41, 5.74) is 8.66. The average Bonchev–Trinajstić information content (AvgIpc) is 2.73. The summed E-state index contributed by atoms with van der Waals surface area (Å²) in [6, 6.07) is 4.03. The maximum Gasteiger partial charge on any atom is 0.240 e. The number of rotatable bonds is 2. The standard InChI is InChI=1S/C11H12BrN3O/c1-6-3-4-8(12)7(2)10(6)11-14-9(5-13)16-15-11/h3-4H,5,13H2,1-2H3. The Labute approximate surface area is 102 Å². The van der Waals surface area contributed by atoms with Crippen molar-refractivity contribution in [2.45, 2.75) is 20.4 Å². The first kappa shape index (κ1) is 11.3. The van der Waals surface area contributed by atoms with E-state index in [4.69, 9.17) is 10.3 Å². The van der Waals surface area contributed by atoms with Crippen molar-refractivity contribution < 1.29 is 4.52 Å². The molecule has 1 heterocycles. The molecule has 0 aliphatic carbocycles. The third-order valence-corrected chi connectivity index (χ3v) is 3.33. The van der Waals surface area contributed by atoms with Gasteiger partial charge in [-0.2, -0.15) is 4.98 Å². The minimum atomic E-state index is 0.263. The summed E-state index contributed by atoms with van der Waals surface area (Å²) in [6.07, 6.45) is 0. The van der Waals surface area contributed by atoms with Gasteiger partial charge in [-0.1, -0.05) is 27.2 Å².